The van der Waals surface area contributed by atoms with E-state index in [0.29, 0.717) is 11.9 Å². The van der Waals surface area contributed by atoms with Crippen LogP contribution in [0.25, 0.3) is 0 Å². The molecule has 0 saturated carbocycles. The van der Waals surface area contributed by atoms with Crippen LogP contribution < -0.4 is 0 Å². The fraction of sp³-hybridized carbons (Fsp3) is 0.333. The predicted molar refractivity (Wildman–Crippen MR) is 45.4 cm³/mol. The van der Waals surface area contributed by atoms with Crippen molar-refractivity contribution in [2.45, 2.75) is 6.61 Å². The molecule has 13 heavy (non-hydrogen) atoms. The van der Waals surface area contributed by atoms with E-state index in [2.05, 4.69) is 9.97 Å². The second kappa shape index (κ2) is 5.57. The summed E-state index contributed by atoms with van der Waals surface area (Å²) in [5.41, 5.74) is 0.653. The second-order valence-corrected chi connectivity index (χ2v) is 3.56. The number of nitrogens with zero attached hydrogens (tertiary/aromatic N) is 2. The van der Waals surface area contributed by atoms with Crippen molar-refractivity contribution in [2.24, 2.45) is 0 Å². The molecule has 0 radical (unpaired) electrons. The molecule has 0 unspecified atom stereocenters. The molecule has 1 aromatic rings. The lowest BCUT2D eigenvalue weighted by Crippen LogP contribution is -1.88. The van der Waals surface area contributed by atoms with Crippen LogP contribution in [0.1, 0.15) is 5.69 Å². The van der Waals surface area contributed by atoms with Gasteiger partial charge in [0.1, 0.15) is 6.33 Å². The van der Waals surface area contributed by atoms with E-state index in [0.717, 1.165) is 0 Å². The fourth-order valence-electron chi connectivity index (χ4n) is 0.412. The number of aliphatic hydroxyl groups is 1. The van der Waals surface area contributed by atoms with Crippen molar-refractivity contribution >= 4 is 10.1 Å². The maximum absolute atomic E-state index is 9.19. The number of aliphatic hydroxyl groups excluding tert-OH is 1. The first-order valence-electron chi connectivity index (χ1n) is 3.21. The van der Waals surface area contributed by atoms with E-state index in [1.807, 2.05) is 0 Å². The van der Waals surface area contributed by atoms with Gasteiger partial charge >= 0.3 is 0 Å². The molecule has 0 spiro atoms. The Morgan fingerprint density at radius 3 is 2.31 bits per heavy atom. The summed E-state index contributed by atoms with van der Waals surface area (Å²) in [5, 5.41) is 8.45. The zero-order valence-electron chi connectivity index (χ0n) is 6.95. The quantitative estimate of drug-likeness (QED) is 0.599. The van der Waals surface area contributed by atoms with Gasteiger partial charge in [-0.3, -0.25) is 4.55 Å². The minimum atomic E-state index is -3.67. The summed E-state index contributed by atoms with van der Waals surface area (Å²) < 4.78 is 25.9. The number of hydrogen-bond acceptors (Lipinski definition) is 5. The highest BCUT2D eigenvalue weighted by atomic mass is 32.2. The Morgan fingerprint density at radius 2 is 2.08 bits per heavy atom. The Bertz CT molecular complexity index is 316. The molecule has 0 bridgehead atoms. The molecule has 6 nitrogen and oxygen atoms in total. The molecule has 0 aliphatic heterocycles. The summed E-state index contributed by atoms with van der Waals surface area (Å²) in [6, 6.07) is 1.67. The molecule has 1 aromatic heterocycles. The molecular weight excluding hydrogens is 196 g/mol. The molecule has 2 N–H and O–H groups in total. The lowest BCUT2D eigenvalue weighted by atomic mass is 10.4. The highest BCUT2D eigenvalue weighted by Gasteiger charge is 1.83. The smallest absolute Gasteiger partial charge is 0.261 e. The van der Waals surface area contributed by atoms with Gasteiger partial charge in [0.25, 0.3) is 10.1 Å². The Labute approximate surface area is 76.0 Å². The Hall–Kier alpha value is -1.05. The normalized spacial score (nSPS) is 10.1. The number of rotatable bonds is 1. The van der Waals surface area contributed by atoms with Gasteiger partial charge in [-0.25, -0.2) is 9.97 Å². The molecular formula is C6H10N2O4S. The molecule has 0 aliphatic rings. The van der Waals surface area contributed by atoms with Crippen molar-refractivity contribution < 1.29 is 18.1 Å². The van der Waals surface area contributed by atoms with Crippen LogP contribution >= 0.6 is 0 Å². The van der Waals surface area contributed by atoms with Gasteiger partial charge in [-0.15, -0.1) is 0 Å². The molecule has 0 saturated heterocycles. The van der Waals surface area contributed by atoms with Crippen LogP contribution in [0.3, 0.4) is 0 Å². The third-order valence-electron chi connectivity index (χ3n) is 0.805. The fourth-order valence-corrected chi connectivity index (χ4v) is 0.412. The molecule has 1 rings (SSSR count). The Balaban J connectivity index is 0.000000252. The molecule has 7 heteroatoms. The topological polar surface area (TPSA) is 100 Å². The van der Waals surface area contributed by atoms with Crippen LogP contribution in [0.15, 0.2) is 18.6 Å². The van der Waals surface area contributed by atoms with Gasteiger partial charge in [0.05, 0.1) is 18.6 Å². The monoisotopic (exact) mass is 206 g/mol. The van der Waals surface area contributed by atoms with Crippen molar-refractivity contribution in [1.82, 2.24) is 9.97 Å². The third kappa shape index (κ3) is 10.9. The van der Waals surface area contributed by atoms with Crippen LogP contribution in [-0.4, -0.2) is 34.3 Å². The zero-order chi connectivity index (χ0) is 10.3. The highest BCUT2D eigenvalue weighted by molar-refractivity contribution is 7.85. The Kier molecular flexibility index (Phi) is 5.12. The maximum atomic E-state index is 9.19. The minimum Gasteiger partial charge on any atom is -0.390 e. The zero-order valence-corrected chi connectivity index (χ0v) is 7.77. The van der Waals surface area contributed by atoms with Crippen LogP contribution in [0, 0.1) is 0 Å². The standard InChI is InChI=1S/C5H6N2O.CH4O3S/c8-3-5-1-2-6-4-7-5;1-5(2,3)4/h1-2,4,8H,3H2;1H3,(H,2,3,4). The lowest BCUT2D eigenvalue weighted by molar-refractivity contribution is 0.276. The SMILES string of the molecule is CS(=O)(=O)O.OCc1ccncn1. The van der Waals surface area contributed by atoms with Gasteiger partial charge in [0.15, 0.2) is 0 Å². The van der Waals surface area contributed by atoms with E-state index in [1.165, 1.54) is 6.33 Å². The van der Waals surface area contributed by atoms with Gasteiger partial charge in [-0.05, 0) is 6.07 Å². The lowest BCUT2D eigenvalue weighted by Gasteiger charge is -1.87. The average Bonchev–Trinajstić information content (AvgIpc) is 2.03. The van der Waals surface area contributed by atoms with Crippen molar-refractivity contribution in [3.63, 3.8) is 0 Å². The summed E-state index contributed by atoms with van der Waals surface area (Å²) in [6.07, 6.45) is 3.72. The van der Waals surface area contributed by atoms with Gasteiger partial charge < -0.3 is 5.11 Å². The highest BCUT2D eigenvalue weighted by Crippen LogP contribution is 1.86. The number of aromatic nitrogens is 2. The maximum Gasteiger partial charge on any atom is 0.261 e. The summed E-state index contributed by atoms with van der Waals surface area (Å²) >= 11 is 0. The van der Waals surface area contributed by atoms with E-state index < -0.39 is 10.1 Å². The third-order valence-corrected chi connectivity index (χ3v) is 0.805. The van der Waals surface area contributed by atoms with E-state index in [9.17, 15) is 8.42 Å². The van der Waals surface area contributed by atoms with Gasteiger partial charge in [-0.1, -0.05) is 0 Å². The summed E-state index contributed by atoms with van der Waals surface area (Å²) in [5.74, 6) is 0. The van der Waals surface area contributed by atoms with E-state index in [1.54, 1.807) is 12.3 Å². The van der Waals surface area contributed by atoms with Gasteiger partial charge in [0, 0.05) is 6.20 Å². The first-order chi connectivity index (χ1) is 5.93. The molecule has 0 amide bonds. The molecule has 0 atom stereocenters. The first-order valence-corrected chi connectivity index (χ1v) is 5.06. The van der Waals surface area contributed by atoms with Crippen LogP contribution in [0.4, 0.5) is 0 Å². The van der Waals surface area contributed by atoms with Crippen LogP contribution in [-0.2, 0) is 16.7 Å². The van der Waals surface area contributed by atoms with E-state index in [-0.39, 0.29) is 6.61 Å². The van der Waals surface area contributed by atoms with Crippen LogP contribution in [0.2, 0.25) is 0 Å². The summed E-state index contributed by atoms with van der Waals surface area (Å²) in [4.78, 5) is 7.41. The molecule has 1 heterocycles. The average molecular weight is 206 g/mol. The molecule has 74 valence electrons. The first kappa shape index (κ1) is 11.9. The van der Waals surface area contributed by atoms with Crippen molar-refractivity contribution in [3.05, 3.63) is 24.3 Å². The van der Waals surface area contributed by atoms with E-state index in [4.69, 9.17) is 9.66 Å². The predicted octanol–water partition coefficient (Wildman–Crippen LogP) is -0.527. The molecule has 0 fully saturated rings. The van der Waals surface area contributed by atoms with Crippen molar-refractivity contribution in [3.8, 4) is 0 Å². The number of hydrogen-bond donors (Lipinski definition) is 2. The van der Waals surface area contributed by atoms with Crippen molar-refractivity contribution in [1.29, 1.82) is 0 Å². The molecule has 0 aromatic carbocycles. The van der Waals surface area contributed by atoms with Crippen LogP contribution in [0.5, 0.6) is 0 Å². The van der Waals surface area contributed by atoms with Gasteiger partial charge in [-0.2, -0.15) is 8.42 Å². The Morgan fingerprint density at radius 1 is 1.54 bits per heavy atom. The van der Waals surface area contributed by atoms with E-state index >= 15 is 0 Å². The summed E-state index contributed by atoms with van der Waals surface area (Å²) in [7, 11) is -3.67. The largest absolute Gasteiger partial charge is 0.390 e. The minimum absolute atomic E-state index is 0.0114. The second-order valence-electron chi connectivity index (χ2n) is 2.09. The molecule has 0 aliphatic carbocycles. The van der Waals surface area contributed by atoms with Crippen molar-refractivity contribution in [2.75, 3.05) is 6.26 Å². The summed E-state index contributed by atoms with van der Waals surface area (Å²) in [6.45, 7) is -0.0114. The van der Waals surface area contributed by atoms with Gasteiger partial charge in [0.2, 0.25) is 0 Å².